The van der Waals surface area contributed by atoms with E-state index in [2.05, 4.69) is 107 Å². The van der Waals surface area contributed by atoms with Crippen LogP contribution in [0, 0.1) is 30.6 Å². The molecule has 2 fully saturated rings. The van der Waals surface area contributed by atoms with E-state index in [1.165, 1.54) is 39.8 Å². The summed E-state index contributed by atoms with van der Waals surface area (Å²) in [5.41, 5.74) is 15.2. The molecule has 0 unspecified atom stereocenters. The van der Waals surface area contributed by atoms with Crippen molar-refractivity contribution in [2.75, 3.05) is 5.73 Å². The Bertz CT molecular complexity index is 2040. The van der Waals surface area contributed by atoms with Gasteiger partial charge in [0.25, 0.3) is 0 Å². The minimum absolute atomic E-state index is 0.0117. The van der Waals surface area contributed by atoms with Crippen LogP contribution >= 0.6 is 0 Å². The molecular formula is C50H57N3O3. The molecule has 5 aromatic rings. The fourth-order valence-electron chi connectivity index (χ4n) is 8.48. The summed E-state index contributed by atoms with van der Waals surface area (Å²) in [7, 11) is 0. The minimum Gasteiger partial charge on any atom is -0.384 e. The number of aryl methyl sites for hydroxylation is 2. The number of rotatable bonds is 13. The van der Waals surface area contributed by atoms with Gasteiger partial charge in [0.15, 0.2) is 5.78 Å². The average molecular weight is 748 g/mol. The Balaban J connectivity index is 0.000000215. The lowest BCUT2D eigenvalue weighted by molar-refractivity contribution is -0.129. The first-order valence-corrected chi connectivity index (χ1v) is 20.5. The van der Waals surface area contributed by atoms with Crippen LogP contribution in [0.5, 0.6) is 0 Å². The number of nitrogens with one attached hydrogen (secondary N) is 1. The molecule has 0 radical (unpaired) electrons. The number of hydrogen-bond donors (Lipinski definition) is 2. The van der Waals surface area contributed by atoms with E-state index >= 15 is 0 Å². The SMILES string of the molecule is CC(=O)[C@@H]1CC[C@@H](Cc2ccc(-c3ccccc3)cc2)C1.Cc1nc(N)ccc1CCC(=O)[C@H](C)NC(=O)[C@@H]1CC[C@@H](Cc2ccc(-c3ccccc3)cc2)C1. The predicted octanol–water partition coefficient (Wildman–Crippen LogP) is 10.2. The lowest BCUT2D eigenvalue weighted by atomic mass is 9.94. The standard InChI is InChI=1S/C30H35N3O2.C20H22O/c1-20-24(15-17-29(31)32-20)14-16-28(34)21(2)33-30(35)27-13-10-23(19-27)18-22-8-11-26(12-9-22)25-6-4-3-5-7-25;1-15(21)20-12-9-17(14-20)13-16-7-10-19(11-8-16)18-5-3-2-4-6-18/h3-9,11-12,15,17,21,23,27H,10,13-14,16,18-19H2,1-2H3,(H2,31,32)(H,33,35);2-8,10-11,17,20H,9,12-14H2,1H3/t21-,23-,27+;17-,20+/m00/s1. The van der Waals surface area contributed by atoms with Gasteiger partial charge in [-0.25, -0.2) is 4.98 Å². The van der Waals surface area contributed by atoms with Crippen LogP contribution in [0.3, 0.4) is 0 Å². The molecule has 1 aromatic heterocycles. The molecule has 7 rings (SSSR count). The number of aromatic nitrogens is 1. The van der Waals surface area contributed by atoms with Crippen molar-refractivity contribution in [2.45, 2.75) is 91.0 Å². The summed E-state index contributed by atoms with van der Waals surface area (Å²) < 4.78 is 0. The molecule has 0 spiro atoms. The monoisotopic (exact) mass is 747 g/mol. The molecule has 0 aliphatic heterocycles. The third kappa shape index (κ3) is 11.3. The van der Waals surface area contributed by atoms with E-state index in [0.29, 0.717) is 42.2 Å². The minimum atomic E-state index is -0.478. The highest BCUT2D eigenvalue weighted by Crippen LogP contribution is 2.35. The lowest BCUT2D eigenvalue weighted by Gasteiger charge is -2.17. The second kappa shape index (κ2) is 19.5. The maximum absolute atomic E-state index is 12.8. The van der Waals surface area contributed by atoms with Gasteiger partial charge in [0.2, 0.25) is 5.91 Å². The molecule has 6 heteroatoms. The van der Waals surface area contributed by atoms with Crippen LogP contribution in [-0.2, 0) is 33.6 Å². The highest BCUT2D eigenvalue weighted by molar-refractivity contribution is 5.89. The summed E-state index contributed by atoms with van der Waals surface area (Å²) in [5, 5.41) is 2.97. The van der Waals surface area contributed by atoms with Gasteiger partial charge in [0, 0.05) is 24.0 Å². The first kappa shape index (κ1) is 40.3. The van der Waals surface area contributed by atoms with Gasteiger partial charge in [-0.3, -0.25) is 14.4 Å². The Morgan fingerprint density at radius 3 is 1.62 bits per heavy atom. The predicted molar refractivity (Wildman–Crippen MR) is 228 cm³/mol. The van der Waals surface area contributed by atoms with Gasteiger partial charge in [-0.2, -0.15) is 0 Å². The van der Waals surface area contributed by atoms with E-state index in [9.17, 15) is 14.4 Å². The molecule has 2 aliphatic carbocycles. The van der Waals surface area contributed by atoms with Crippen molar-refractivity contribution < 1.29 is 14.4 Å². The Morgan fingerprint density at radius 2 is 1.14 bits per heavy atom. The van der Waals surface area contributed by atoms with Gasteiger partial charge in [0.1, 0.15) is 11.6 Å². The summed E-state index contributed by atoms with van der Waals surface area (Å²) >= 11 is 0. The van der Waals surface area contributed by atoms with Crippen molar-refractivity contribution in [3.8, 4) is 22.3 Å². The molecule has 1 amide bonds. The first-order chi connectivity index (χ1) is 27.1. The number of ketones is 2. The smallest absolute Gasteiger partial charge is 0.223 e. The molecule has 0 bridgehead atoms. The number of benzene rings is 4. The summed E-state index contributed by atoms with van der Waals surface area (Å²) in [4.78, 5) is 41.2. The molecule has 6 nitrogen and oxygen atoms in total. The zero-order chi connectivity index (χ0) is 39.4. The highest BCUT2D eigenvalue weighted by atomic mass is 16.2. The average Bonchev–Trinajstić information content (AvgIpc) is 3.89. The Hall–Kier alpha value is -5.36. The van der Waals surface area contributed by atoms with Crippen LogP contribution in [0.15, 0.2) is 121 Å². The van der Waals surface area contributed by atoms with Crippen molar-refractivity contribution in [2.24, 2.45) is 23.7 Å². The maximum Gasteiger partial charge on any atom is 0.223 e. The highest BCUT2D eigenvalue weighted by Gasteiger charge is 2.31. The van der Waals surface area contributed by atoms with E-state index < -0.39 is 6.04 Å². The van der Waals surface area contributed by atoms with Crippen LogP contribution in [-0.4, -0.2) is 28.5 Å². The van der Waals surface area contributed by atoms with E-state index in [-0.39, 0.29) is 17.6 Å². The number of amides is 1. The fraction of sp³-hybridized carbons (Fsp3) is 0.360. The molecule has 2 saturated carbocycles. The van der Waals surface area contributed by atoms with Crippen LogP contribution < -0.4 is 11.1 Å². The summed E-state index contributed by atoms with van der Waals surface area (Å²) in [6.45, 7) is 5.42. The third-order valence-electron chi connectivity index (χ3n) is 11.9. The van der Waals surface area contributed by atoms with Crippen LogP contribution in [0.2, 0.25) is 0 Å². The quantitative estimate of drug-likeness (QED) is 0.125. The molecule has 5 atom stereocenters. The third-order valence-corrected chi connectivity index (χ3v) is 11.9. The number of nitrogens with zero attached hydrogens (tertiary/aromatic N) is 1. The first-order valence-electron chi connectivity index (χ1n) is 20.5. The molecule has 0 saturated heterocycles. The van der Waals surface area contributed by atoms with E-state index in [1.807, 2.05) is 25.1 Å². The molecule has 290 valence electrons. The number of carbonyl (C=O) groups is 3. The van der Waals surface area contributed by atoms with Crippen LogP contribution in [0.25, 0.3) is 22.3 Å². The Kier molecular flexibility index (Phi) is 14.0. The van der Waals surface area contributed by atoms with Gasteiger partial charge in [0.05, 0.1) is 6.04 Å². The van der Waals surface area contributed by atoms with Crippen LogP contribution in [0.4, 0.5) is 5.82 Å². The molecule has 3 N–H and O–H groups in total. The van der Waals surface area contributed by atoms with Gasteiger partial charge in [-0.15, -0.1) is 0 Å². The Labute approximate surface area is 333 Å². The van der Waals surface area contributed by atoms with E-state index in [1.54, 1.807) is 19.9 Å². The van der Waals surface area contributed by atoms with Crippen molar-refractivity contribution >= 4 is 23.3 Å². The second-order valence-corrected chi connectivity index (χ2v) is 16.1. The zero-order valence-corrected chi connectivity index (χ0v) is 33.3. The fourth-order valence-corrected chi connectivity index (χ4v) is 8.48. The molecule has 2 aliphatic rings. The van der Waals surface area contributed by atoms with Gasteiger partial charge < -0.3 is 11.1 Å². The van der Waals surface area contributed by atoms with Gasteiger partial charge in [-0.05, 0) is 135 Å². The molecule has 1 heterocycles. The maximum atomic E-state index is 12.8. The van der Waals surface area contributed by atoms with E-state index in [0.717, 1.165) is 56.2 Å². The van der Waals surface area contributed by atoms with E-state index in [4.69, 9.17) is 5.73 Å². The summed E-state index contributed by atoms with van der Waals surface area (Å²) in [6, 6.07) is 41.7. The molecule has 4 aromatic carbocycles. The topological polar surface area (TPSA) is 102 Å². The normalized spacial score (nSPS) is 19.4. The van der Waals surface area contributed by atoms with Crippen molar-refractivity contribution in [3.63, 3.8) is 0 Å². The second-order valence-electron chi connectivity index (χ2n) is 16.1. The Morgan fingerprint density at radius 1 is 0.661 bits per heavy atom. The molecule has 56 heavy (non-hydrogen) atoms. The number of Topliss-reactive ketones (excluding diaryl/α,β-unsaturated/α-hetero) is 2. The molecular weight excluding hydrogens is 691 g/mol. The number of anilines is 1. The number of nitrogen functional groups attached to an aromatic ring is 1. The van der Waals surface area contributed by atoms with Crippen molar-refractivity contribution in [1.82, 2.24) is 10.3 Å². The number of carbonyl (C=O) groups excluding carboxylic acids is 3. The largest absolute Gasteiger partial charge is 0.384 e. The number of nitrogens with two attached hydrogens (primary N) is 1. The van der Waals surface area contributed by atoms with Crippen molar-refractivity contribution in [1.29, 1.82) is 0 Å². The summed E-state index contributed by atoms with van der Waals surface area (Å²) in [5.74, 6) is 2.40. The van der Waals surface area contributed by atoms with Crippen LogP contribution in [0.1, 0.15) is 81.2 Å². The zero-order valence-electron chi connectivity index (χ0n) is 33.3. The number of pyridine rings is 1. The van der Waals surface area contributed by atoms with Crippen molar-refractivity contribution in [3.05, 3.63) is 144 Å². The van der Waals surface area contributed by atoms with Gasteiger partial charge in [-0.1, -0.05) is 115 Å². The number of hydrogen-bond acceptors (Lipinski definition) is 5. The van der Waals surface area contributed by atoms with Gasteiger partial charge >= 0.3 is 0 Å². The summed E-state index contributed by atoms with van der Waals surface area (Å²) in [6.07, 6.45) is 9.25. The lowest BCUT2D eigenvalue weighted by Crippen LogP contribution is -2.41.